The lowest BCUT2D eigenvalue weighted by Gasteiger charge is -2.04. The third kappa shape index (κ3) is 2.95. The van der Waals surface area contributed by atoms with E-state index in [4.69, 9.17) is 9.68 Å². The molecule has 0 saturated heterocycles. The second-order valence-corrected chi connectivity index (χ2v) is 3.93. The lowest BCUT2D eigenvalue weighted by atomic mass is 10.1. The van der Waals surface area contributed by atoms with Crippen LogP contribution in [0.4, 0.5) is 0 Å². The van der Waals surface area contributed by atoms with Crippen molar-refractivity contribution in [1.82, 2.24) is 29.9 Å². The molecule has 0 amide bonds. The molecule has 0 fully saturated rings. The minimum absolute atomic E-state index is 0.243. The summed E-state index contributed by atoms with van der Waals surface area (Å²) in [5.41, 5.74) is 0.487. The normalized spacial score (nSPS) is 10.2. The molecule has 0 unspecified atom stereocenters. The Bertz CT molecular complexity index is 699. The third-order valence-corrected chi connectivity index (χ3v) is 2.50. The zero-order valence-corrected chi connectivity index (χ0v) is 10.9. The second-order valence-electron chi connectivity index (χ2n) is 3.93. The molecule has 0 aliphatic carbocycles. The lowest BCUT2D eigenvalue weighted by Crippen LogP contribution is -2.21. The highest BCUT2D eigenvalue weighted by Gasteiger charge is 2.13. The first-order chi connectivity index (χ1) is 10.7. The van der Waals surface area contributed by atoms with Gasteiger partial charge in [-0.1, -0.05) is 9.69 Å². The van der Waals surface area contributed by atoms with Crippen molar-refractivity contribution in [1.29, 1.82) is 0 Å². The summed E-state index contributed by atoms with van der Waals surface area (Å²) in [6, 6.07) is 5.71. The molecule has 0 bridgehead atoms. The summed E-state index contributed by atoms with van der Waals surface area (Å²) in [5, 5.41) is 7.28. The van der Waals surface area contributed by atoms with Crippen molar-refractivity contribution < 1.29 is 19.3 Å². The van der Waals surface area contributed by atoms with Gasteiger partial charge in [-0.25, -0.2) is 19.6 Å². The van der Waals surface area contributed by atoms with Crippen molar-refractivity contribution in [3.05, 3.63) is 60.7 Å². The Morgan fingerprint density at radius 1 is 0.773 bits per heavy atom. The smallest absolute Gasteiger partial charge is 0.312 e. The molecular formula is C12H8N6O4. The number of benzene rings is 1. The maximum absolute atomic E-state index is 11.8. The first-order valence-electron chi connectivity index (χ1n) is 5.97. The molecule has 110 valence electrons. The van der Waals surface area contributed by atoms with Crippen molar-refractivity contribution in [3.8, 4) is 0 Å². The number of carbonyl (C=O) groups excluding carboxylic acids is 2. The average Bonchev–Trinajstić information content (AvgIpc) is 3.21. The van der Waals surface area contributed by atoms with Gasteiger partial charge in [0.1, 0.15) is 12.7 Å². The molecule has 0 radical (unpaired) electrons. The van der Waals surface area contributed by atoms with Crippen LogP contribution in [0.25, 0.3) is 0 Å². The second kappa shape index (κ2) is 5.83. The maximum Gasteiger partial charge on any atom is 0.365 e. The van der Waals surface area contributed by atoms with Crippen LogP contribution in [0.2, 0.25) is 0 Å². The monoisotopic (exact) mass is 300 g/mol. The van der Waals surface area contributed by atoms with Gasteiger partial charge in [0.2, 0.25) is 0 Å². The molecule has 2 heterocycles. The Labute approximate surface area is 122 Å². The predicted molar refractivity (Wildman–Crippen MR) is 68.3 cm³/mol. The maximum atomic E-state index is 11.8. The number of carbonyl (C=O) groups is 2. The van der Waals surface area contributed by atoms with Gasteiger partial charge in [-0.2, -0.15) is 0 Å². The summed E-state index contributed by atoms with van der Waals surface area (Å²) >= 11 is 0. The van der Waals surface area contributed by atoms with Gasteiger partial charge >= 0.3 is 11.9 Å². The molecule has 10 nitrogen and oxygen atoms in total. The molecule has 0 aliphatic rings. The molecule has 22 heavy (non-hydrogen) atoms. The Morgan fingerprint density at radius 2 is 1.18 bits per heavy atom. The largest absolute Gasteiger partial charge is 0.365 e. The highest BCUT2D eigenvalue weighted by molar-refractivity contribution is 5.93. The SMILES string of the molecule is O=C(On1cncn1)c1ccc(C(=O)On2cncn2)cc1. The summed E-state index contributed by atoms with van der Waals surface area (Å²) in [7, 11) is 0. The van der Waals surface area contributed by atoms with E-state index in [0.717, 1.165) is 9.69 Å². The first-order valence-corrected chi connectivity index (χ1v) is 5.97. The Morgan fingerprint density at radius 3 is 1.50 bits per heavy atom. The van der Waals surface area contributed by atoms with Crippen molar-refractivity contribution in [2.75, 3.05) is 0 Å². The van der Waals surface area contributed by atoms with Gasteiger partial charge in [-0.15, -0.1) is 10.2 Å². The number of nitrogens with zero attached hydrogens (tertiary/aromatic N) is 6. The van der Waals surface area contributed by atoms with Crippen LogP contribution < -0.4 is 9.68 Å². The van der Waals surface area contributed by atoms with E-state index in [1.807, 2.05) is 0 Å². The molecule has 3 aromatic rings. The van der Waals surface area contributed by atoms with Gasteiger partial charge in [0.05, 0.1) is 11.1 Å². The summed E-state index contributed by atoms with van der Waals surface area (Å²) < 4.78 is 0. The molecule has 3 rings (SSSR count). The Kier molecular flexibility index (Phi) is 3.56. The van der Waals surface area contributed by atoms with Gasteiger partial charge < -0.3 is 9.68 Å². The van der Waals surface area contributed by atoms with E-state index in [2.05, 4.69) is 20.2 Å². The van der Waals surface area contributed by atoms with Crippen LogP contribution >= 0.6 is 0 Å². The molecule has 0 N–H and O–H groups in total. The van der Waals surface area contributed by atoms with Crippen LogP contribution in [0.1, 0.15) is 20.7 Å². The summed E-state index contributed by atoms with van der Waals surface area (Å²) in [6.07, 6.45) is 4.94. The van der Waals surface area contributed by atoms with Gasteiger partial charge in [0, 0.05) is 0 Å². The van der Waals surface area contributed by atoms with E-state index < -0.39 is 11.9 Å². The zero-order valence-electron chi connectivity index (χ0n) is 10.9. The molecule has 0 spiro atoms. The number of aromatic nitrogens is 6. The van der Waals surface area contributed by atoms with E-state index in [0.29, 0.717) is 0 Å². The van der Waals surface area contributed by atoms with Crippen LogP contribution in [-0.2, 0) is 0 Å². The van der Waals surface area contributed by atoms with Gasteiger partial charge in [-0.3, -0.25) is 0 Å². The summed E-state index contributed by atoms with van der Waals surface area (Å²) in [5.74, 6) is -1.27. The molecule has 2 aromatic heterocycles. The molecule has 0 saturated carbocycles. The highest BCUT2D eigenvalue weighted by atomic mass is 16.7. The van der Waals surface area contributed by atoms with Crippen LogP contribution in [0.5, 0.6) is 0 Å². The van der Waals surface area contributed by atoms with Crippen LogP contribution in [0.15, 0.2) is 49.6 Å². The fraction of sp³-hybridized carbons (Fsp3) is 0. The highest BCUT2D eigenvalue weighted by Crippen LogP contribution is 2.05. The quantitative estimate of drug-likeness (QED) is 0.628. The molecule has 10 heteroatoms. The van der Waals surface area contributed by atoms with Gasteiger partial charge in [0.25, 0.3) is 0 Å². The number of rotatable bonds is 4. The van der Waals surface area contributed by atoms with Crippen molar-refractivity contribution in [3.63, 3.8) is 0 Å². The molecule has 0 atom stereocenters. The molecule has 1 aromatic carbocycles. The fourth-order valence-electron chi connectivity index (χ4n) is 1.51. The van der Waals surface area contributed by atoms with Crippen LogP contribution in [0.3, 0.4) is 0 Å². The topological polar surface area (TPSA) is 114 Å². The molecule has 0 aliphatic heterocycles. The summed E-state index contributed by atoms with van der Waals surface area (Å²) in [4.78, 5) is 42.5. The standard InChI is InChI=1S/C12H8N6O4/c19-11(21-17-7-13-5-15-17)9-1-2-10(4-3-9)12(20)22-18-8-14-6-16-18/h1-8H. The first kappa shape index (κ1) is 13.4. The van der Waals surface area contributed by atoms with E-state index in [1.165, 1.54) is 49.6 Å². The minimum atomic E-state index is -0.637. The van der Waals surface area contributed by atoms with Crippen molar-refractivity contribution in [2.24, 2.45) is 0 Å². The average molecular weight is 300 g/mol. The number of hydrogen-bond donors (Lipinski definition) is 0. The van der Waals surface area contributed by atoms with E-state index in [-0.39, 0.29) is 11.1 Å². The predicted octanol–water partition coefficient (Wildman–Crippen LogP) is -0.592. The number of hydrogen-bond acceptors (Lipinski definition) is 8. The van der Waals surface area contributed by atoms with E-state index in [9.17, 15) is 9.59 Å². The van der Waals surface area contributed by atoms with E-state index in [1.54, 1.807) is 0 Å². The van der Waals surface area contributed by atoms with Crippen molar-refractivity contribution >= 4 is 11.9 Å². The zero-order chi connectivity index (χ0) is 15.4. The lowest BCUT2D eigenvalue weighted by molar-refractivity contribution is 0.0378. The van der Waals surface area contributed by atoms with Crippen molar-refractivity contribution in [2.45, 2.75) is 0 Å². The Balaban J connectivity index is 1.67. The molecular weight excluding hydrogens is 292 g/mol. The third-order valence-electron chi connectivity index (χ3n) is 2.50. The van der Waals surface area contributed by atoms with Crippen LogP contribution in [0, 0.1) is 0 Å². The van der Waals surface area contributed by atoms with E-state index >= 15 is 0 Å². The van der Waals surface area contributed by atoms with Gasteiger partial charge in [-0.05, 0) is 24.3 Å². The Hall–Kier alpha value is -3.56. The van der Waals surface area contributed by atoms with Crippen LogP contribution in [-0.4, -0.2) is 41.8 Å². The summed E-state index contributed by atoms with van der Waals surface area (Å²) in [6.45, 7) is 0. The fourth-order valence-corrected chi connectivity index (χ4v) is 1.51. The van der Waals surface area contributed by atoms with Gasteiger partial charge in [0.15, 0.2) is 12.7 Å². The minimum Gasteiger partial charge on any atom is -0.312 e.